The van der Waals surface area contributed by atoms with Crippen LogP contribution in [0.25, 0.3) is 0 Å². The molecule has 10 heteroatoms. The van der Waals surface area contributed by atoms with E-state index < -0.39 is 17.8 Å². The molecule has 1 aliphatic carbocycles. The summed E-state index contributed by atoms with van der Waals surface area (Å²) in [6, 6.07) is 4.24. The molecule has 3 fully saturated rings. The van der Waals surface area contributed by atoms with Gasteiger partial charge in [0.05, 0.1) is 5.56 Å². The number of halogens is 3. The highest BCUT2D eigenvalue weighted by Gasteiger charge is 2.45. The van der Waals surface area contributed by atoms with Crippen molar-refractivity contribution in [2.45, 2.75) is 51.4 Å². The number of alkyl halides is 2. The number of rotatable bonds is 4. The van der Waals surface area contributed by atoms with Gasteiger partial charge in [0, 0.05) is 50.8 Å². The number of nitrogens with one attached hydrogen (secondary N) is 1. The van der Waals surface area contributed by atoms with Crippen molar-refractivity contribution in [1.29, 1.82) is 0 Å². The van der Waals surface area contributed by atoms with Crippen molar-refractivity contribution in [3.8, 4) is 0 Å². The predicted molar refractivity (Wildman–Crippen MR) is 118 cm³/mol. The van der Waals surface area contributed by atoms with Gasteiger partial charge in [-0.2, -0.15) is 9.37 Å². The molecule has 2 aromatic rings. The van der Waals surface area contributed by atoms with Crippen LogP contribution >= 0.6 is 0 Å². The molecule has 0 unspecified atom stereocenters. The first-order valence-electron chi connectivity index (χ1n) is 11.4. The number of aromatic nitrogens is 3. The molecule has 0 aromatic carbocycles. The molecule has 33 heavy (non-hydrogen) atoms. The Hall–Kier alpha value is -2.91. The van der Waals surface area contributed by atoms with Crippen LogP contribution < -0.4 is 15.1 Å². The molecule has 0 radical (unpaired) electrons. The van der Waals surface area contributed by atoms with E-state index in [0.717, 1.165) is 25.9 Å². The summed E-state index contributed by atoms with van der Waals surface area (Å²) in [5.74, 6) is -2.83. The van der Waals surface area contributed by atoms with Crippen LogP contribution in [0.2, 0.25) is 0 Å². The minimum atomic E-state index is -2.67. The van der Waals surface area contributed by atoms with E-state index in [-0.39, 0.29) is 37.3 Å². The van der Waals surface area contributed by atoms with Crippen molar-refractivity contribution < 1.29 is 18.0 Å². The van der Waals surface area contributed by atoms with Gasteiger partial charge in [0.25, 0.3) is 11.8 Å². The van der Waals surface area contributed by atoms with Gasteiger partial charge in [-0.15, -0.1) is 0 Å². The molecule has 3 aliphatic rings. The van der Waals surface area contributed by atoms with Crippen molar-refractivity contribution in [2.24, 2.45) is 5.41 Å². The summed E-state index contributed by atoms with van der Waals surface area (Å²) in [6.07, 6.45) is 4.02. The van der Waals surface area contributed by atoms with E-state index >= 15 is 0 Å². The summed E-state index contributed by atoms with van der Waals surface area (Å²) in [6.45, 7) is 3.53. The molecule has 7 nitrogen and oxygen atoms in total. The van der Waals surface area contributed by atoms with Gasteiger partial charge in [-0.25, -0.2) is 18.7 Å². The van der Waals surface area contributed by atoms with Gasteiger partial charge in [-0.05, 0) is 50.2 Å². The fraction of sp³-hybridized carbons (Fsp3) is 0.565. The van der Waals surface area contributed by atoms with E-state index in [9.17, 15) is 18.0 Å². The summed E-state index contributed by atoms with van der Waals surface area (Å²) in [5.41, 5.74) is 1.33. The van der Waals surface area contributed by atoms with Crippen LogP contribution in [0.3, 0.4) is 0 Å². The number of aryl methyl sites for hydroxylation is 1. The molecule has 176 valence electrons. The number of pyridine rings is 1. The largest absolute Gasteiger partial charge is 0.356 e. The van der Waals surface area contributed by atoms with Crippen LogP contribution in [0.1, 0.15) is 54.6 Å². The van der Waals surface area contributed by atoms with Crippen LogP contribution in [0.15, 0.2) is 18.2 Å². The van der Waals surface area contributed by atoms with Gasteiger partial charge in [0.1, 0.15) is 11.6 Å². The lowest BCUT2D eigenvalue weighted by Crippen LogP contribution is -2.40. The molecule has 0 atom stereocenters. The lowest BCUT2D eigenvalue weighted by molar-refractivity contribution is -0.0222. The van der Waals surface area contributed by atoms with Crippen molar-refractivity contribution in [3.63, 3.8) is 0 Å². The monoisotopic (exact) mass is 460 g/mol. The lowest BCUT2D eigenvalue weighted by Gasteiger charge is -2.33. The smallest absolute Gasteiger partial charge is 0.260 e. The minimum Gasteiger partial charge on any atom is -0.356 e. The molecule has 1 spiro atoms. The van der Waals surface area contributed by atoms with Crippen molar-refractivity contribution >= 4 is 23.5 Å². The molecule has 4 heterocycles. The lowest BCUT2D eigenvalue weighted by atomic mass is 9.93. The van der Waals surface area contributed by atoms with Gasteiger partial charge in [-0.1, -0.05) is 0 Å². The zero-order chi connectivity index (χ0) is 23.2. The summed E-state index contributed by atoms with van der Waals surface area (Å²) in [4.78, 5) is 29.6. The molecular weight excluding hydrogens is 433 g/mol. The number of amides is 1. The first-order chi connectivity index (χ1) is 15.7. The Balaban J connectivity index is 1.34. The molecule has 1 saturated carbocycles. The van der Waals surface area contributed by atoms with Crippen LogP contribution in [0.5, 0.6) is 0 Å². The standard InChI is InChI=1S/C23H27F3N6O/c1-15-14-18(30-21(27-15)32-12-8-23(25,26)9-13-32)29-20(33)16-2-3-17(24)28-19(16)31-10-6-22(4-5-22)7-11-31/h2-3,14H,4-13H2,1H3,(H,27,29,30,33). The van der Waals surface area contributed by atoms with Crippen LogP contribution in [-0.4, -0.2) is 53.0 Å². The Morgan fingerprint density at radius 3 is 2.27 bits per heavy atom. The maximum atomic E-state index is 14.0. The molecule has 1 N–H and O–H groups in total. The molecule has 1 amide bonds. The fourth-order valence-corrected chi connectivity index (χ4v) is 4.69. The van der Waals surface area contributed by atoms with Gasteiger partial charge in [0.2, 0.25) is 11.9 Å². The van der Waals surface area contributed by atoms with E-state index in [1.807, 2.05) is 4.90 Å². The molecular formula is C23H27F3N6O. The Morgan fingerprint density at radius 2 is 1.61 bits per heavy atom. The topological polar surface area (TPSA) is 74.2 Å². The summed E-state index contributed by atoms with van der Waals surface area (Å²) >= 11 is 0. The van der Waals surface area contributed by atoms with Gasteiger partial charge in [-0.3, -0.25) is 4.79 Å². The Kier molecular flexibility index (Phi) is 5.41. The second kappa shape index (κ2) is 8.14. The third kappa shape index (κ3) is 4.74. The highest BCUT2D eigenvalue weighted by atomic mass is 19.3. The Bertz CT molecular complexity index is 1050. The maximum Gasteiger partial charge on any atom is 0.260 e. The van der Waals surface area contributed by atoms with E-state index in [4.69, 9.17) is 0 Å². The third-order valence-corrected chi connectivity index (χ3v) is 7.03. The number of nitrogens with zero attached hydrogens (tertiary/aromatic N) is 5. The fourth-order valence-electron chi connectivity index (χ4n) is 4.69. The van der Waals surface area contributed by atoms with Crippen LogP contribution in [-0.2, 0) is 0 Å². The van der Waals surface area contributed by atoms with Crippen molar-refractivity contribution in [1.82, 2.24) is 15.0 Å². The van der Waals surface area contributed by atoms with E-state index in [1.54, 1.807) is 17.9 Å². The normalized spacial score (nSPS) is 21.2. The maximum absolute atomic E-state index is 14.0. The summed E-state index contributed by atoms with van der Waals surface area (Å²) < 4.78 is 41.0. The van der Waals surface area contributed by atoms with E-state index in [0.29, 0.717) is 22.9 Å². The highest BCUT2D eigenvalue weighted by molar-refractivity contribution is 6.07. The first-order valence-corrected chi connectivity index (χ1v) is 11.4. The average molecular weight is 461 g/mol. The molecule has 2 aliphatic heterocycles. The van der Waals surface area contributed by atoms with E-state index in [1.165, 1.54) is 25.0 Å². The van der Waals surface area contributed by atoms with Gasteiger partial charge >= 0.3 is 0 Å². The SMILES string of the molecule is Cc1cc(NC(=O)c2ccc(F)nc2N2CCC3(CC2)CC3)nc(N2CCC(F)(F)CC2)n1. The quantitative estimate of drug-likeness (QED) is 0.690. The number of piperidine rings is 2. The van der Waals surface area contributed by atoms with Gasteiger partial charge < -0.3 is 15.1 Å². The number of hydrogen-bond donors (Lipinski definition) is 1. The summed E-state index contributed by atoms with van der Waals surface area (Å²) in [7, 11) is 0. The number of hydrogen-bond acceptors (Lipinski definition) is 6. The number of anilines is 3. The molecule has 2 saturated heterocycles. The van der Waals surface area contributed by atoms with Crippen molar-refractivity contribution in [3.05, 3.63) is 35.4 Å². The number of carbonyl (C=O) groups excluding carboxylic acids is 1. The third-order valence-electron chi connectivity index (χ3n) is 7.03. The highest BCUT2D eigenvalue weighted by Crippen LogP contribution is 2.54. The zero-order valence-electron chi connectivity index (χ0n) is 18.6. The predicted octanol–water partition coefficient (Wildman–Crippen LogP) is 4.19. The van der Waals surface area contributed by atoms with Crippen LogP contribution in [0.4, 0.5) is 30.8 Å². The zero-order valence-corrected chi connectivity index (χ0v) is 18.6. The van der Waals surface area contributed by atoms with Gasteiger partial charge in [0.15, 0.2) is 0 Å². The second-order valence-electron chi connectivity index (χ2n) is 9.48. The summed E-state index contributed by atoms with van der Waals surface area (Å²) in [5, 5.41) is 2.77. The minimum absolute atomic E-state index is 0.145. The average Bonchev–Trinajstić information content (AvgIpc) is 3.52. The molecule has 5 rings (SSSR count). The second-order valence-corrected chi connectivity index (χ2v) is 9.48. The molecule has 2 aromatic heterocycles. The first kappa shape index (κ1) is 21.9. The Morgan fingerprint density at radius 1 is 0.939 bits per heavy atom. The van der Waals surface area contributed by atoms with E-state index in [2.05, 4.69) is 20.3 Å². The Labute approximate surface area is 190 Å². The number of carbonyl (C=O) groups is 1. The van der Waals surface area contributed by atoms with Crippen LogP contribution in [0, 0.1) is 18.3 Å². The van der Waals surface area contributed by atoms with Crippen molar-refractivity contribution in [2.75, 3.05) is 41.3 Å². The molecule has 0 bridgehead atoms.